The fourth-order valence-electron chi connectivity index (χ4n) is 1.57. The SMILES string of the molecule is C=CCNC(=NC)NCc1ccc(C)cc1SC.I. The molecule has 1 rings (SSSR count). The first-order valence-electron chi connectivity index (χ1n) is 5.90. The Kier molecular flexibility index (Phi) is 9.77. The third kappa shape index (κ3) is 6.33. The molecule has 5 heteroatoms. The van der Waals surface area contributed by atoms with Crippen molar-refractivity contribution in [3.63, 3.8) is 0 Å². The van der Waals surface area contributed by atoms with Gasteiger partial charge in [-0.2, -0.15) is 0 Å². The maximum absolute atomic E-state index is 4.15. The van der Waals surface area contributed by atoms with E-state index in [1.54, 1.807) is 18.8 Å². The van der Waals surface area contributed by atoms with Gasteiger partial charge in [0.25, 0.3) is 0 Å². The molecule has 106 valence electrons. The minimum atomic E-state index is 0. The van der Waals surface area contributed by atoms with Crippen LogP contribution in [0, 0.1) is 6.92 Å². The molecular weight excluding hydrogens is 369 g/mol. The first-order valence-corrected chi connectivity index (χ1v) is 7.12. The Morgan fingerprint density at radius 2 is 2.16 bits per heavy atom. The second kappa shape index (κ2) is 10.1. The van der Waals surface area contributed by atoms with E-state index in [0.29, 0.717) is 6.54 Å². The molecule has 1 aromatic carbocycles. The number of nitrogens with one attached hydrogen (secondary N) is 2. The standard InChI is InChI=1S/C14H21N3S.HI/c1-5-8-16-14(15-3)17-10-12-7-6-11(2)9-13(12)18-4;/h5-7,9H,1,8,10H2,2-4H3,(H2,15,16,17);1H. The minimum absolute atomic E-state index is 0. The topological polar surface area (TPSA) is 36.4 Å². The van der Waals surface area contributed by atoms with Crippen LogP contribution in [0.25, 0.3) is 0 Å². The lowest BCUT2D eigenvalue weighted by molar-refractivity contribution is 0.834. The van der Waals surface area contributed by atoms with Gasteiger partial charge in [-0.15, -0.1) is 42.3 Å². The van der Waals surface area contributed by atoms with Crippen LogP contribution in [0.4, 0.5) is 0 Å². The molecule has 0 heterocycles. The number of hydrogen-bond acceptors (Lipinski definition) is 2. The maximum atomic E-state index is 4.15. The van der Waals surface area contributed by atoms with Crippen molar-refractivity contribution < 1.29 is 0 Å². The van der Waals surface area contributed by atoms with Crippen molar-refractivity contribution >= 4 is 41.7 Å². The maximum Gasteiger partial charge on any atom is 0.191 e. The van der Waals surface area contributed by atoms with Crippen LogP contribution in [0.2, 0.25) is 0 Å². The van der Waals surface area contributed by atoms with Crippen molar-refractivity contribution in [2.45, 2.75) is 18.4 Å². The van der Waals surface area contributed by atoms with Crippen molar-refractivity contribution in [2.75, 3.05) is 19.8 Å². The molecule has 0 spiro atoms. The molecule has 0 amide bonds. The molecule has 2 N–H and O–H groups in total. The zero-order valence-corrected chi connectivity index (χ0v) is 14.8. The minimum Gasteiger partial charge on any atom is -0.353 e. The van der Waals surface area contributed by atoms with Crippen molar-refractivity contribution in [2.24, 2.45) is 4.99 Å². The number of thioether (sulfide) groups is 1. The number of rotatable bonds is 5. The second-order valence-electron chi connectivity index (χ2n) is 3.91. The summed E-state index contributed by atoms with van der Waals surface area (Å²) in [5.74, 6) is 0.794. The Hall–Kier alpha value is -0.690. The van der Waals surface area contributed by atoms with Gasteiger partial charge in [-0.05, 0) is 30.4 Å². The fraction of sp³-hybridized carbons (Fsp3) is 0.357. The van der Waals surface area contributed by atoms with Gasteiger partial charge in [0.05, 0.1) is 0 Å². The number of halogens is 1. The molecule has 0 aliphatic heterocycles. The lowest BCUT2D eigenvalue weighted by atomic mass is 10.1. The van der Waals surface area contributed by atoms with Gasteiger partial charge in [0.15, 0.2) is 5.96 Å². The highest BCUT2D eigenvalue weighted by molar-refractivity contribution is 14.0. The van der Waals surface area contributed by atoms with Crippen LogP contribution in [0.5, 0.6) is 0 Å². The summed E-state index contributed by atoms with van der Waals surface area (Å²) in [4.78, 5) is 5.46. The number of aliphatic imine (C=N–C) groups is 1. The molecule has 0 aliphatic carbocycles. The summed E-state index contributed by atoms with van der Waals surface area (Å²) in [5.41, 5.74) is 2.58. The third-order valence-corrected chi connectivity index (χ3v) is 3.35. The Morgan fingerprint density at radius 3 is 2.74 bits per heavy atom. The summed E-state index contributed by atoms with van der Waals surface area (Å²) in [6, 6.07) is 6.51. The molecule has 0 aliphatic rings. The van der Waals surface area contributed by atoms with Crippen molar-refractivity contribution in [1.82, 2.24) is 10.6 Å². The molecule has 0 unspecified atom stereocenters. The number of nitrogens with zero attached hydrogens (tertiary/aromatic N) is 1. The largest absolute Gasteiger partial charge is 0.353 e. The first kappa shape index (κ1) is 18.3. The van der Waals surface area contributed by atoms with E-state index in [0.717, 1.165) is 12.5 Å². The number of benzene rings is 1. The summed E-state index contributed by atoms with van der Waals surface area (Å²) >= 11 is 1.77. The van der Waals surface area contributed by atoms with Gasteiger partial charge in [-0.25, -0.2) is 0 Å². The normalized spacial score (nSPS) is 10.6. The molecule has 0 atom stereocenters. The average molecular weight is 391 g/mol. The number of guanidine groups is 1. The number of hydrogen-bond donors (Lipinski definition) is 2. The molecule has 3 nitrogen and oxygen atoms in total. The van der Waals surface area contributed by atoms with Gasteiger partial charge < -0.3 is 10.6 Å². The molecule has 0 saturated carbocycles. The van der Waals surface area contributed by atoms with Gasteiger partial charge >= 0.3 is 0 Å². The highest BCUT2D eigenvalue weighted by Gasteiger charge is 2.03. The van der Waals surface area contributed by atoms with Gasteiger partial charge in [0.1, 0.15) is 0 Å². The summed E-state index contributed by atoms with van der Waals surface area (Å²) in [7, 11) is 1.77. The second-order valence-corrected chi connectivity index (χ2v) is 4.76. The van der Waals surface area contributed by atoms with E-state index in [4.69, 9.17) is 0 Å². The van der Waals surface area contributed by atoms with Crippen LogP contribution in [-0.4, -0.2) is 25.8 Å². The summed E-state index contributed by atoms with van der Waals surface area (Å²) in [6.07, 6.45) is 3.91. The van der Waals surface area contributed by atoms with E-state index in [2.05, 4.69) is 53.6 Å². The smallest absolute Gasteiger partial charge is 0.191 e. The van der Waals surface area contributed by atoms with Crippen molar-refractivity contribution in [3.05, 3.63) is 42.0 Å². The molecule has 1 aromatic rings. The van der Waals surface area contributed by atoms with E-state index >= 15 is 0 Å². The molecule has 0 aromatic heterocycles. The quantitative estimate of drug-likeness (QED) is 0.266. The Labute approximate surface area is 137 Å². The Morgan fingerprint density at radius 1 is 1.42 bits per heavy atom. The first-order chi connectivity index (χ1) is 8.71. The highest BCUT2D eigenvalue weighted by Crippen LogP contribution is 2.21. The van der Waals surface area contributed by atoms with Gasteiger partial charge in [-0.3, -0.25) is 4.99 Å². The van der Waals surface area contributed by atoms with Gasteiger partial charge in [0.2, 0.25) is 0 Å². The van der Waals surface area contributed by atoms with Gasteiger partial charge in [0, 0.05) is 25.0 Å². The van der Waals surface area contributed by atoms with Crippen LogP contribution in [-0.2, 0) is 6.54 Å². The lowest BCUT2D eigenvalue weighted by Crippen LogP contribution is -2.36. The molecule has 0 saturated heterocycles. The third-order valence-electron chi connectivity index (χ3n) is 2.53. The predicted octanol–water partition coefficient (Wildman–Crippen LogP) is 3.19. The van der Waals surface area contributed by atoms with Crippen LogP contribution in [0.3, 0.4) is 0 Å². The van der Waals surface area contributed by atoms with Crippen LogP contribution in [0.15, 0.2) is 40.7 Å². The van der Waals surface area contributed by atoms with E-state index in [1.807, 2.05) is 6.08 Å². The Bertz CT molecular complexity index is 433. The van der Waals surface area contributed by atoms with E-state index in [1.165, 1.54) is 16.0 Å². The van der Waals surface area contributed by atoms with Crippen LogP contribution in [0.1, 0.15) is 11.1 Å². The molecule has 0 radical (unpaired) electrons. The summed E-state index contributed by atoms with van der Waals surface area (Å²) in [5, 5.41) is 6.44. The molecular formula is C14H22IN3S. The predicted molar refractivity (Wildman–Crippen MR) is 96.8 cm³/mol. The van der Waals surface area contributed by atoms with Crippen LogP contribution >= 0.6 is 35.7 Å². The van der Waals surface area contributed by atoms with Crippen molar-refractivity contribution in [1.29, 1.82) is 0 Å². The molecule has 0 bridgehead atoms. The van der Waals surface area contributed by atoms with Crippen LogP contribution < -0.4 is 10.6 Å². The lowest BCUT2D eigenvalue weighted by Gasteiger charge is -2.13. The zero-order valence-electron chi connectivity index (χ0n) is 11.7. The molecule has 19 heavy (non-hydrogen) atoms. The highest BCUT2D eigenvalue weighted by atomic mass is 127. The average Bonchev–Trinajstić information content (AvgIpc) is 2.40. The number of aryl methyl sites for hydroxylation is 1. The van der Waals surface area contributed by atoms with Crippen molar-refractivity contribution in [3.8, 4) is 0 Å². The summed E-state index contributed by atoms with van der Waals surface area (Å²) in [6.45, 7) is 7.27. The Balaban J connectivity index is 0.00000324. The zero-order chi connectivity index (χ0) is 13.4. The van der Waals surface area contributed by atoms with E-state index < -0.39 is 0 Å². The van der Waals surface area contributed by atoms with E-state index in [9.17, 15) is 0 Å². The monoisotopic (exact) mass is 391 g/mol. The summed E-state index contributed by atoms with van der Waals surface area (Å²) < 4.78 is 0. The fourth-order valence-corrected chi connectivity index (χ4v) is 2.27. The molecule has 0 fully saturated rings. The van der Waals surface area contributed by atoms with E-state index in [-0.39, 0.29) is 24.0 Å². The van der Waals surface area contributed by atoms with Gasteiger partial charge in [-0.1, -0.05) is 18.2 Å².